The van der Waals surface area contributed by atoms with Gasteiger partial charge in [-0.3, -0.25) is 9.59 Å². The monoisotopic (exact) mass is 408 g/mol. The second-order valence-electron chi connectivity index (χ2n) is 5.83. The molecule has 3 aromatic rings. The van der Waals surface area contributed by atoms with Gasteiger partial charge in [0.1, 0.15) is 0 Å². The highest BCUT2D eigenvalue weighted by Gasteiger charge is 2.14. The minimum atomic E-state index is -0.285. The number of carbonyl (C=O) groups is 2. The molecule has 0 aliphatic rings. The van der Waals surface area contributed by atoms with Crippen molar-refractivity contribution in [3.8, 4) is 0 Å². The lowest BCUT2D eigenvalue weighted by Gasteiger charge is -2.12. The van der Waals surface area contributed by atoms with Gasteiger partial charge in [-0.2, -0.15) is 0 Å². The van der Waals surface area contributed by atoms with Crippen molar-refractivity contribution in [3.05, 3.63) is 94.0 Å². The third-order valence-corrected chi connectivity index (χ3v) is 4.33. The van der Waals surface area contributed by atoms with Crippen LogP contribution in [0.1, 0.15) is 26.3 Å². The zero-order valence-corrected chi connectivity index (χ0v) is 15.7. The van der Waals surface area contributed by atoms with E-state index in [0.717, 1.165) is 10.0 Å². The molecule has 0 saturated heterocycles. The van der Waals surface area contributed by atoms with E-state index in [2.05, 4.69) is 26.6 Å². The summed E-state index contributed by atoms with van der Waals surface area (Å²) < 4.78 is 0.932. The standard InChI is InChI=1S/C21H17BrN2O2/c1-14-5-4-6-15(13-14)20(25)24-19-8-3-2-7-18(19)21(26)23-17-11-9-16(22)10-12-17/h2-13H,1H3,(H,23,26)(H,24,25). The quantitative estimate of drug-likeness (QED) is 0.618. The number of halogens is 1. The molecule has 0 aromatic heterocycles. The van der Waals surface area contributed by atoms with Crippen molar-refractivity contribution in [2.24, 2.45) is 0 Å². The van der Waals surface area contributed by atoms with Gasteiger partial charge in [0, 0.05) is 15.7 Å². The molecule has 0 heterocycles. The highest BCUT2D eigenvalue weighted by molar-refractivity contribution is 9.10. The number of hydrogen-bond donors (Lipinski definition) is 2. The summed E-state index contributed by atoms with van der Waals surface area (Å²) in [4.78, 5) is 25.1. The summed E-state index contributed by atoms with van der Waals surface area (Å²) in [6.07, 6.45) is 0. The minimum Gasteiger partial charge on any atom is -0.322 e. The fourth-order valence-electron chi connectivity index (χ4n) is 2.50. The lowest BCUT2D eigenvalue weighted by atomic mass is 10.1. The van der Waals surface area contributed by atoms with Crippen LogP contribution in [-0.4, -0.2) is 11.8 Å². The van der Waals surface area contributed by atoms with Gasteiger partial charge in [0.2, 0.25) is 0 Å². The van der Waals surface area contributed by atoms with Crippen LogP contribution in [0.2, 0.25) is 0 Å². The van der Waals surface area contributed by atoms with Crippen LogP contribution < -0.4 is 10.6 Å². The van der Waals surface area contributed by atoms with Crippen molar-refractivity contribution < 1.29 is 9.59 Å². The molecule has 2 amide bonds. The van der Waals surface area contributed by atoms with Gasteiger partial charge in [-0.05, 0) is 55.5 Å². The second kappa shape index (κ2) is 7.97. The molecule has 2 N–H and O–H groups in total. The number of aryl methyl sites for hydroxylation is 1. The number of rotatable bonds is 4. The Morgan fingerprint density at radius 1 is 0.808 bits per heavy atom. The fourth-order valence-corrected chi connectivity index (χ4v) is 2.77. The third kappa shape index (κ3) is 4.37. The molecule has 3 aromatic carbocycles. The van der Waals surface area contributed by atoms with E-state index in [0.29, 0.717) is 22.5 Å². The van der Waals surface area contributed by atoms with Gasteiger partial charge in [0.05, 0.1) is 11.3 Å². The van der Waals surface area contributed by atoms with Gasteiger partial charge in [-0.15, -0.1) is 0 Å². The Morgan fingerprint density at radius 3 is 2.27 bits per heavy atom. The fraction of sp³-hybridized carbons (Fsp3) is 0.0476. The molecule has 0 saturated carbocycles. The van der Waals surface area contributed by atoms with Crippen molar-refractivity contribution in [2.45, 2.75) is 6.92 Å². The Morgan fingerprint density at radius 2 is 1.54 bits per heavy atom. The van der Waals surface area contributed by atoms with E-state index in [1.165, 1.54) is 0 Å². The first kappa shape index (κ1) is 17.9. The first-order chi connectivity index (χ1) is 12.5. The number of anilines is 2. The maximum absolute atomic E-state index is 12.6. The van der Waals surface area contributed by atoms with E-state index in [-0.39, 0.29) is 11.8 Å². The lowest BCUT2D eigenvalue weighted by molar-refractivity contribution is 0.102. The van der Waals surface area contributed by atoms with Crippen LogP contribution in [0.15, 0.2) is 77.3 Å². The SMILES string of the molecule is Cc1cccc(C(=O)Nc2ccccc2C(=O)Nc2ccc(Br)cc2)c1. The molecule has 0 aliphatic heterocycles. The topological polar surface area (TPSA) is 58.2 Å². The highest BCUT2D eigenvalue weighted by atomic mass is 79.9. The van der Waals surface area contributed by atoms with E-state index >= 15 is 0 Å². The number of benzene rings is 3. The molecule has 4 nitrogen and oxygen atoms in total. The maximum atomic E-state index is 12.6. The number of nitrogens with one attached hydrogen (secondary N) is 2. The van der Waals surface area contributed by atoms with Gasteiger partial charge in [0.15, 0.2) is 0 Å². The second-order valence-corrected chi connectivity index (χ2v) is 6.75. The largest absolute Gasteiger partial charge is 0.322 e. The van der Waals surface area contributed by atoms with Crippen molar-refractivity contribution in [3.63, 3.8) is 0 Å². The molecule has 0 spiro atoms. The average Bonchev–Trinajstić information content (AvgIpc) is 2.64. The molecular weight excluding hydrogens is 392 g/mol. The van der Waals surface area contributed by atoms with Gasteiger partial charge in [-0.25, -0.2) is 0 Å². The first-order valence-electron chi connectivity index (χ1n) is 8.07. The first-order valence-corrected chi connectivity index (χ1v) is 8.86. The van der Waals surface area contributed by atoms with Crippen LogP contribution in [0.3, 0.4) is 0 Å². The lowest BCUT2D eigenvalue weighted by Crippen LogP contribution is -2.18. The molecule has 0 atom stereocenters. The highest BCUT2D eigenvalue weighted by Crippen LogP contribution is 2.20. The van der Waals surface area contributed by atoms with E-state index in [1.54, 1.807) is 48.5 Å². The number of para-hydroxylation sites is 1. The van der Waals surface area contributed by atoms with Crippen molar-refractivity contribution in [1.82, 2.24) is 0 Å². The molecule has 0 unspecified atom stereocenters. The molecular formula is C21H17BrN2O2. The molecule has 130 valence electrons. The molecule has 26 heavy (non-hydrogen) atoms. The third-order valence-electron chi connectivity index (χ3n) is 3.80. The smallest absolute Gasteiger partial charge is 0.257 e. The van der Waals surface area contributed by atoms with Crippen LogP contribution in [-0.2, 0) is 0 Å². The predicted molar refractivity (Wildman–Crippen MR) is 108 cm³/mol. The molecule has 0 fully saturated rings. The van der Waals surface area contributed by atoms with Gasteiger partial charge >= 0.3 is 0 Å². The van der Waals surface area contributed by atoms with Crippen LogP contribution >= 0.6 is 15.9 Å². The number of amides is 2. The van der Waals surface area contributed by atoms with E-state index in [4.69, 9.17) is 0 Å². The van der Waals surface area contributed by atoms with Gasteiger partial charge in [-0.1, -0.05) is 45.8 Å². The summed E-state index contributed by atoms with van der Waals surface area (Å²) in [7, 11) is 0. The zero-order valence-electron chi connectivity index (χ0n) is 14.1. The zero-order chi connectivity index (χ0) is 18.5. The molecule has 5 heteroatoms. The number of hydrogen-bond acceptors (Lipinski definition) is 2. The van der Waals surface area contributed by atoms with Crippen LogP contribution in [0, 0.1) is 6.92 Å². The molecule has 0 aliphatic carbocycles. The van der Waals surface area contributed by atoms with Crippen molar-refractivity contribution >= 4 is 39.1 Å². The molecule has 3 rings (SSSR count). The summed E-state index contributed by atoms with van der Waals surface area (Å²) in [5.41, 5.74) is 3.09. The van der Waals surface area contributed by atoms with Crippen molar-refractivity contribution in [2.75, 3.05) is 10.6 Å². The van der Waals surface area contributed by atoms with E-state index < -0.39 is 0 Å². The Labute approximate surface area is 160 Å². The Hall–Kier alpha value is -2.92. The number of carbonyl (C=O) groups excluding carboxylic acids is 2. The molecule has 0 radical (unpaired) electrons. The van der Waals surface area contributed by atoms with E-state index in [9.17, 15) is 9.59 Å². The summed E-state index contributed by atoms with van der Waals surface area (Å²) in [6, 6.07) is 21.5. The normalized spacial score (nSPS) is 10.2. The van der Waals surface area contributed by atoms with Crippen LogP contribution in [0.5, 0.6) is 0 Å². The Bertz CT molecular complexity index is 952. The van der Waals surface area contributed by atoms with Crippen LogP contribution in [0.4, 0.5) is 11.4 Å². The van der Waals surface area contributed by atoms with Gasteiger partial charge < -0.3 is 10.6 Å². The summed E-state index contributed by atoms with van der Waals surface area (Å²) >= 11 is 3.36. The summed E-state index contributed by atoms with van der Waals surface area (Å²) in [5.74, 6) is -0.537. The Balaban J connectivity index is 1.80. The summed E-state index contributed by atoms with van der Waals surface area (Å²) in [6.45, 7) is 1.93. The average molecular weight is 409 g/mol. The van der Waals surface area contributed by atoms with E-state index in [1.807, 2.05) is 31.2 Å². The van der Waals surface area contributed by atoms with Gasteiger partial charge in [0.25, 0.3) is 11.8 Å². The van der Waals surface area contributed by atoms with Crippen molar-refractivity contribution in [1.29, 1.82) is 0 Å². The summed E-state index contributed by atoms with van der Waals surface area (Å²) in [5, 5.41) is 5.66. The Kier molecular flexibility index (Phi) is 5.49. The predicted octanol–water partition coefficient (Wildman–Crippen LogP) is 5.26. The minimum absolute atomic E-state index is 0.252. The maximum Gasteiger partial charge on any atom is 0.257 e. The molecule has 0 bridgehead atoms. The van der Waals surface area contributed by atoms with Crippen LogP contribution in [0.25, 0.3) is 0 Å².